The molecule has 2 heterocycles. The highest BCUT2D eigenvalue weighted by molar-refractivity contribution is 5.38. The van der Waals surface area contributed by atoms with Crippen molar-refractivity contribution in [2.75, 3.05) is 33.9 Å². The monoisotopic (exact) mass is 330 g/mol. The molecule has 1 saturated heterocycles. The second-order valence-corrected chi connectivity index (χ2v) is 6.13. The van der Waals surface area contributed by atoms with Gasteiger partial charge in [0, 0.05) is 19.2 Å². The summed E-state index contributed by atoms with van der Waals surface area (Å²) in [6.45, 7) is 3.89. The molecule has 0 bridgehead atoms. The molecule has 0 saturated carbocycles. The fourth-order valence-electron chi connectivity index (χ4n) is 3.27. The van der Waals surface area contributed by atoms with Gasteiger partial charge in [0.05, 0.1) is 26.5 Å². The maximum atomic E-state index is 5.66. The lowest BCUT2D eigenvalue weighted by Gasteiger charge is -2.26. The van der Waals surface area contributed by atoms with Crippen molar-refractivity contribution in [3.8, 4) is 11.5 Å². The van der Waals surface area contributed by atoms with Gasteiger partial charge in [-0.25, -0.2) is 0 Å². The van der Waals surface area contributed by atoms with E-state index < -0.39 is 0 Å². The van der Waals surface area contributed by atoms with Crippen molar-refractivity contribution in [1.29, 1.82) is 0 Å². The molecule has 1 aliphatic heterocycles. The third kappa shape index (κ3) is 4.10. The van der Waals surface area contributed by atoms with Crippen LogP contribution in [0.4, 0.5) is 0 Å². The van der Waals surface area contributed by atoms with Crippen LogP contribution in [0.5, 0.6) is 11.5 Å². The molecule has 0 spiro atoms. The van der Waals surface area contributed by atoms with Crippen LogP contribution >= 0.6 is 0 Å². The second-order valence-electron chi connectivity index (χ2n) is 6.13. The first-order valence-corrected chi connectivity index (χ1v) is 8.50. The summed E-state index contributed by atoms with van der Waals surface area (Å²) >= 11 is 0. The van der Waals surface area contributed by atoms with Crippen molar-refractivity contribution in [2.24, 2.45) is 0 Å². The molecular weight excluding hydrogens is 304 g/mol. The van der Waals surface area contributed by atoms with E-state index in [1.807, 2.05) is 24.3 Å². The van der Waals surface area contributed by atoms with Crippen molar-refractivity contribution in [3.63, 3.8) is 0 Å². The van der Waals surface area contributed by atoms with E-state index in [1.165, 1.54) is 12.8 Å². The lowest BCUT2D eigenvalue weighted by atomic mass is 10.1. The number of hydrogen-bond acceptors (Lipinski definition) is 5. The Bertz CT molecular complexity index is 599. The van der Waals surface area contributed by atoms with Crippen LogP contribution in [0.2, 0.25) is 0 Å². The Morgan fingerprint density at radius 3 is 2.42 bits per heavy atom. The molecule has 1 fully saturated rings. The Balaban J connectivity index is 1.63. The van der Waals surface area contributed by atoms with Gasteiger partial charge in [-0.15, -0.1) is 0 Å². The predicted molar refractivity (Wildman–Crippen MR) is 93.5 cm³/mol. The number of methoxy groups -OCH3 is 2. The number of ether oxygens (including phenoxy) is 2. The molecule has 1 aromatic heterocycles. The van der Waals surface area contributed by atoms with Crippen LogP contribution in [-0.4, -0.2) is 38.8 Å². The van der Waals surface area contributed by atoms with Gasteiger partial charge in [-0.1, -0.05) is 0 Å². The molecular formula is C19H26N2O3. The van der Waals surface area contributed by atoms with Crippen LogP contribution < -0.4 is 14.8 Å². The van der Waals surface area contributed by atoms with E-state index in [9.17, 15) is 0 Å². The van der Waals surface area contributed by atoms with Gasteiger partial charge >= 0.3 is 0 Å². The van der Waals surface area contributed by atoms with Crippen molar-refractivity contribution < 1.29 is 13.9 Å². The van der Waals surface area contributed by atoms with Crippen molar-refractivity contribution >= 4 is 0 Å². The molecule has 2 aromatic rings. The highest BCUT2D eigenvalue weighted by Gasteiger charge is 2.25. The molecule has 1 aliphatic rings. The summed E-state index contributed by atoms with van der Waals surface area (Å²) in [6.07, 6.45) is 4.29. The lowest BCUT2D eigenvalue weighted by molar-refractivity contribution is 0.209. The smallest absolute Gasteiger partial charge is 0.122 e. The third-order valence-electron chi connectivity index (χ3n) is 4.53. The zero-order valence-corrected chi connectivity index (χ0v) is 14.5. The Hall–Kier alpha value is -1.98. The van der Waals surface area contributed by atoms with Crippen molar-refractivity contribution in [1.82, 2.24) is 10.2 Å². The van der Waals surface area contributed by atoms with E-state index in [4.69, 9.17) is 13.9 Å². The SMILES string of the molecule is COc1cc(CNCC(c2ccco2)N2CCCC2)cc(OC)c1. The molecule has 3 rings (SSSR count). The van der Waals surface area contributed by atoms with Gasteiger partial charge in [0.15, 0.2) is 0 Å². The van der Waals surface area contributed by atoms with Gasteiger partial charge in [-0.2, -0.15) is 0 Å². The molecule has 0 aliphatic carbocycles. The summed E-state index contributed by atoms with van der Waals surface area (Å²) in [5.41, 5.74) is 1.14. The van der Waals surface area contributed by atoms with Crippen LogP contribution in [0.25, 0.3) is 0 Å². The Kier molecular flexibility index (Phi) is 5.77. The number of nitrogens with zero attached hydrogens (tertiary/aromatic N) is 1. The van der Waals surface area contributed by atoms with Gasteiger partial charge in [-0.05, 0) is 55.8 Å². The van der Waals surface area contributed by atoms with E-state index in [1.54, 1.807) is 20.5 Å². The first-order valence-electron chi connectivity index (χ1n) is 8.50. The molecule has 5 heteroatoms. The number of hydrogen-bond donors (Lipinski definition) is 1. The summed E-state index contributed by atoms with van der Waals surface area (Å²) in [6, 6.07) is 10.3. The molecule has 130 valence electrons. The zero-order chi connectivity index (χ0) is 16.8. The second kappa shape index (κ2) is 8.22. The molecule has 24 heavy (non-hydrogen) atoms. The molecule has 1 atom stereocenters. The number of furan rings is 1. The molecule has 0 radical (unpaired) electrons. The van der Waals surface area contributed by atoms with Crippen LogP contribution in [0.3, 0.4) is 0 Å². The number of rotatable bonds is 8. The number of likely N-dealkylation sites (tertiary alicyclic amines) is 1. The van der Waals surface area contributed by atoms with E-state index in [0.717, 1.165) is 49.0 Å². The Morgan fingerprint density at radius 2 is 1.83 bits per heavy atom. The van der Waals surface area contributed by atoms with Gasteiger partial charge in [0.2, 0.25) is 0 Å². The fourth-order valence-corrected chi connectivity index (χ4v) is 3.27. The van der Waals surface area contributed by atoms with Crippen LogP contribution in [0.15, 0.2) is 41.0 Å². The van der Waals surface area contributed by atoms with Crippen LogP contribution in [0, 0.1) is 0 Å². The maximum absolute atomic E-state index is 5.66. The standard InChI is InChI=1S/C19H26N2O3/c1-22-16-10-15(11-17(12-16)23-2)13-20-14-18(19-6-5-9-24-19)21-7-3-4-8-21/h5-6,9-12,18,20H,3-4,7-8,13-14H2,1-2H3. The first-order chi connectivity index (χ1) is 11.8. The highest BCUT2D eigenvalue weighted by Crippen LogP contribution is 2.26. The highest BCUT2D eigenvalue weighted by atomic mass is 16.5. The maximum Gasteiger partial charge on any atom is 0.122 e. The molecule has 1 unspecified atom stereocenters. The topological polar surface area (TPSA) is 46.9 Å². The molecule has 5 nitrogen and oxygen atoms in total. The van der Waals surface area contributed by atoms with E-state index in [2.05, 4.69) is 16.3 Å². The minimum Gasteiger partial charge on any atom is -0.497 e. The Morgan fingerprint density at radius 1 is 1.12 bits per heavy atom. The first kappa shape index (κ1) is 16.9. The normalized spacial score (nSPS) is 16.2. The van der Waals surface area contributed by atoms with E-state index >= 15 is 0 Å². The summed E-state index contributed by atoms with van der Waals surface area (Å²) in [7, 11) is 3.35. The quantitative estimate of drug-likeness (QED) is 0.805. The molecule has 0 amide bonds. The number of nitrogens with one attached hydrogen (secondary N) is 1. The molecule has 1 N–H and O–H groups in total. The van der Waals surface area contributed by atoms with Gasteiger partial charge in [0.25, 0.3) is 0 Å². The van der Waals surface area contributed by atoms with Gasteiger partial charge in [0.1, 0.15) is 17.3 Å². The van der Waals surface area contributed by atoms with Crippen molar-refractivity contribution in [2.45, 2.75) is 25.4 Å². The minimum absolute atomic E-state index is 0.287. The van der Waals surface area contributed by atoms with Gasteiger partial charge < -0.3 is 19.2 Å². The molecule has 1 aromatic carbocycles. The summed E-state index contributed by atoms with van der Waals surface area (Å²) in [4.78, 5) is 2.50. The third-order valence-corrected chi connectivity index (χ3v) is 4.53. The largest absolute Gasteiger partial charge is 0.497 e. The van der Waals surface area contributed by atoms with Gasteiger partial charge in [-0.3, -0.25) is 4.90 Å². The average Bonchev–Trinajstić information content (AvgIpc) is 3.32. The fraction of sp³-hybridized carbons (Fsp3) is 0.474. The van der Waals surface area contributed by atoms with E-state index in [-0.39, 0.29) is 6.04 Å². The summed E-state index contributed by atoms with van der Waals surface area (Å²) in [5, 5.41) is 3.56. The van der Waals surface area contributed by atoms with Crippen molar-refractivity contribution in [3.05, 3.63) is 47.9 Å². The van der Waals surface area contributed by atoms with Crippen LogP contribution in [-0.2, 0) is 6.54 Å². The Labute approximate surface area is 143 Å². The number of benzene rings is 1. The summed E-state index contributed by atoms with van der Waals surface area (Å²) in [5.74, 6) is 2.66. The average molecular weight is 330 g/mol. The lowest BCUT2D eigenvalue weighted by Crippen LogP contribution is -2.33. The minimum atomic E-state index is 0.287. The zero-order valence-electron chi connectivity index (χ0n) is 14.5. The summed E-state index contributed by atoms with van der Waals surface area (Å²) < 4.78 is 16.3. The predicted octanol–water partition coefficient (Wildman–Crippen LogP) is 3.22. The van der Waals surface area contributed by atoms with E-state index in [0.29, 0.717) is 0 Å². The van der Waals surface area contributed by atoms with Crippen LogP contribution in [0.1, 0.15) is 30.2 Å².